The Labute approximate surface area is 203 Å². The minimum absolute atomic E-state index is 0.0264. The molecule has 5 rings (SSSR count). The Morgan fingerprint density at radius 3 is 2.71 bits per heavy atom. The van der Waals surface area contributed by atoms with Gasteiger partial charge >= 0.3 is 0 Å². The van der Waals surface area contributed by atoms with Crippen LogP contribution in [0.25, 0.3) is 21.9 Å². The van der Waals surface area contributed by atoms with Crippen LogP contribution in [0.15, 0.2) is 92.7 Å². The molecule has 1 amide bonds. The van der Waals surface area contributed by atoms with Crippen molar-refractivity contribution >= 4 is 43.7 Å². The fraction of sp³-hybridized carbons (Fsp3) is 0.111. The number of halogens is 1. The summed E-state index contributed by atoms with van der Waals surface area (Å²) in [5.41, 5.74) is 3.12. The first kappa shape index (κ1) is 22.0. The number of carbonyl (C=O) groups excluding carboxylic acids is 1. The van der Waals surface area contributed by atoms with Crippen LogP contribution in [0.2, 0.25) is 0 Å². The van der Waals surface area contributed by atoms with Crippen LogP contribution in [0.1, 0.15) is 21.7 Å². The van der Waals surface area contributed by atoms with Gasteiger partial charge in [0, 0.05) is 34.2 Å². The van der Waals surface area contributed by atoms with E-state index in [1.807, 2.05) is 54.7 Å². The monoisotopic (exact) mass is 516 g/mol. The second kappa shape index (κ2) is 9.57. The molecule has 0 radical (unpaired) electrons. The summed E-state index contributed by atoms with van der Waals surface area (Å²) in [6, 6.07) is 22.1. The molecular formula is C27H21BrN2O4. The third-order valence-corrected chi connectivity index (χ3v) is 6.13. The van der Waals surface area contributed by atoms with Crippen LogP contribution in [0.5, 0.6) is 5.75 Å². The number of amides is 1. The number of nitrogens with one attached hydrogen (secondary N) is 2. The zero-order valence-electron chi connectivity index (χ0n) is 18.1. The van der Waals surface area contributed by atoms with Crippen molar-refractivity contribution < 1.29 is 13.9 Å². The SMILES string of the molecule is O=C(NCCc1c[nH]c2ccccc12)c1cc(=O)c2c(OCc3ccc(Br)cc3)cccc2o1. The number of para-hydroxylation sites is 1. The number of hydrogen-bond donors (Lipinski definition) is 2. The van der Waals surface area contributed by atoms with Gasteiger partial charge in [0.05, 0.1) is 0 Å². The van der Waals surface area contributed by atoms with Crippen LogP contribution in [0.4, 0.5) is 0 Å². The van der Waals surface area contributed by atoms with Crippen LogP contribution in [0.3, 0.4) is 0 Å². The smallest absolute Gasteiger partial charge is 0.287 e. The summed E-state index contributed by atoms with van der Waals surface area (Å²) in [6.45, 7) is 0.723. The van der Waals surface area contributed by atoms with E-state index in [2.05, 4.69) is 26.2 Å². The molecule has 0 fully saturated rings. The highest BCUT2D eigenvalue weighted by Gasteiger charge is 2.15. The maximum absolute atomic E-state index is 12.9. The van der Waals surface area contributed by atoms with E-state index in [1.165, 1.54) is 6.07 Å². The molecule has 0 atom stereocenters. The Kier molecular flexibility index (Phi) is 6.18. The van der Waals surface area contributed by atoms with Gasteiger partial charge in [-0.3, -0.25) is 9.59 Å². The van der Waals surface area contributed by atoms with Gasteiger partial charge in [-0.15, -0.1) is 0 Å². The van der Waals surface area contributed by atoms with Gasteiger partial charge in [0.25, 0.3) is 5.91 Å². The number of benzene rings is 3. The number of carbonyl (C=O) groups is 1. The van der Waals surface area contributed by atoms with E-state index in [1.54, 1.807) is 18.2 Å². The van der Waals surface area contributed by atoms with E-state index in [0.29, 0.717) is 36.3 Å². The quantitative estimate of drug-likeness (QED) is 0.295. The van der Waals surface area contributed by atoms with Gasteiger partial charge in [-0.1, -0.05) is 52.3 Å². The molecule has 0 bridgehead atoms. The molecular weight excluding hydrogens is 496 g/mol. The van der Waals surface area contributed by atoms with Crippen molar-refractivity contribution in [3.05, 3.63) is 111 Å². The van der Waals surface area contributed by atoms with Gasteiger partial charge in [0.1, 0.15) is 23.3 Å². The molecule has 170 valence electrons. The second-order valence-corrected chi connectivity index (χ2v) is 8.80. The number of fused-ring (bicyclic) bond motifs is 2. The summed E-state index contributed by atoms with van der Waals surface area (Å²) in [5, 5.41) is 4.28. The van der Waals surface area contributed by atoms with Crippen molar-refractivity contribution in [1.82, 2.24) is 10.3 Å². The summed E-state index contributed by atoms with van der Waals surface area (Å²) in [4.78, 5) is 28.8. The van der Waals surface area contributed by atoms with E-state index < -0.39 is 5.91 Å². The van der Waals surface area contributed by atoms with Crippen LogP contribution >= 0.6 is 15.9 Å². The van der Waals surface area contributed by atoms with Gasteiger partial charge in [-0.2, -0.15) is 0 Å². The highest BCUT2D eigenvalue weighted by atomic mass is 79.9. The van der Waals surface area contributed by atoms with Crippen LogP contribution in [-0.2, 0) is 13.0 Å². The minimum Gasteiger partial charge on any atom is -0.488 e. The molecule has 6 nitrogen and oxygen atoms in total. The molecule has 0 spiro atoms. The van der Waals surface area contributed by atoms with E-state index in [-0.39, 0.29) is 11.2 Å². The molecule has 0 unspecified atom stereocenters. The molecule has 0 saturated heterocycles. The lowest BCUT2D eigenvalue weighted by molar-refractivity contribution is 0.0927. The molecule has 2 aromatic heterocycles. The topological polar surface area (TPSA) is 84.3 Å². The predicted molar refractivity (Wildman–Crippen MR) is 135 cm³/mol. The maximum atomic E-state index is 12.9. The average Bonchev–Trinajstić information content (AvgIpc) is 3.26. The Bertz CT molecular complexity index is 1540. The van der Waals surface area contributed by atoms with E-state index in [4.69, 9.17) is 9.15 Å². The Balaban J connectivity index is 1.29. The zero-order valence-corrected chi connectivity index (χ0v) is 19.7. The van der Waals surface area contributed by atoms with Crippen molar-refractivity contribution in [2.45, 2.75) is 13.0 Å². The maximum Gasteiger partial charge on any atom is 0.287 e. The number of ether oxygens (including phenoxy) is 1. The number of aromatic nitrogens is 1. The summed E-state index contributed by atoms with van der Waals surface area (Å²) in [5.74, 6) is -0.0398. The van der Waals surface area contributed by atoms with Crippen molar-refractivity contribution in [3.8, 4) is 5.75 Å². The van der Waals surface area contributed by atoms with Crippen molar-refractivity contribution in [2.75, 3.05) is 6.54 Å². The summed E-state index contributed by atoms with van der Waals surface area (Å²) in [7, 11) is 0. The number of H-pyrrole nitrogens is 1. The van der Waals surface area contributed by atoms with E-state index in [0.717, 1.165) is 26.5 Å². The van der Waals surface area contributed by atoms with E-state index in [9.17, 15) is 9.59 Å². The van der Waals surface area contributed by atoms with Crippen LogP contribution in [-0.4, -0.2) is 17.4 Å². The highest BCUT2D eigenvalue weighted by molar-refractivity contribution is 9.10. The van der Waals surface area contributed by atoms with Crippen molar-refractivity contribution in [1.29, 1.82) is 0 Å². The summed E-state index contributed by atoms with van der Waals surface area (Å²) in [6.07, 6.45) is 2.60. The fourth-order valence-corrected chi connectivity index (χ4v) is 4.15. The van der Waals surface area contributed by atoms with E-state index >= 15 is 0 Å². The number of hydrogen-bond acceptors (Lipinski definition) is 4. The Morgan fingerprint density at radius 1 is 1.03 bits per heavy atom. The molecule has 3 aromatic carbocycles. The zero-order chi connectivity index (χ0) is 23.5. The lowest BCUT2D eigenvalue weighted by Crippen LogP contribution is -2.26. The molecule has 0 aliphatic heterocycles. The predicted octanol–water partition coefficient (Wildman–Crippen LogP) is 5.59. The van der Waals surface area contributed by atoms with Crippen LogP contribution in [0, 0.1) is 0 Å². The normalized spacial score (nSPS) is 11.1. The molecule has 5 aromatic rings. The molecule has 0 saturated carbocycles. The lowest BCUT2D eigenvalue weighted by atomic mass is 10.1. The first-order valence-electron chi connectivity index (χ1n) is 10.9. The minimum atomic E-state index is -0.431. The summed E-state index contributed by atoms with van der Waals surface area (Å²) >= 11 is 3.41. The highest BCUT2D eigenvalue weighted by Crippen LogP contribution is 2.25. The fourth-order valence-electron chi connectivity index (χ4n) is 3.89. The molecule has 0 aliphatic carbocycles. The molecule has 34 heavy (non-hydrogen) atoms. The van der Waals surface area contributed by atoms with Gasteiger partial charge in [0.15, 0.2) is 11.2 Å². The van der Waals surface area contributed by atoms with Gasteiger partial charge < -0.3 is 19.5 Å². The van der Waals surface area contributed by atoms with Crippen molar-refractivity contribution in [3.63, 3.8) is 0 Å². The molecule has 7 heteroatoms. The van der Waals surface area contributed by atoms with Gasteiger partial charge in [-0.25, -0.2) is 0 Å². The number of rotatable bonds is 7. The molecule has 2 heterocycles. The lowest BCUT2D eigenvalue weighted by Gasteiger charge is -2.10. The van der Waals surface area contributed by atoms with Gasteiger partial charge in [0.2, 0.25) is 0 Å². The third-order valence-electron chi connectivity index (χ3n) is 5.60. The number of aromatic amines is 1. The molecule has 0 aliphatic rings. The second-order valence-electron chi connectivity index (χ2n) is 7.88. The molecule has 2 N–H and O–H groups in total. The average molecular weight is 517 g/mol. The Morgan fingerprint density at radius 2 is 1.85 bits per heavy atom. The first-order valence-corrected chi connectivity index (χ1v) is 11.6. The van der Waals surface area contributed by atoms with Gasteiger partial charge in [-0.05, 0) is 47.9 Å². The largest absolute Gasteiger partial charge is 0.488 e. The summed E-state index contributed by atoms with van der Waals surface area (Å²) < 4.78 is 12.6. The third kappa shape index (κ3) is 4.61. The van der Waals surface area contributed by atoms with Crippen LogP contribution < -0.4 is 15.5 Å². The standard InChI is InChI=1S/C27H21BrN2O4/c28-19-10-8-17(9-11-19)16-33-23-6-3-7-24-26(23)22(31)14-25(34-24)27(32)29-13-12-18-15-30-21-5-2-1-4-20(18)21/h1-11,14-15,30H,12-13,16H2,(H,29,32). The Hall–Kier alpha value is -3.84. The van der Waals surface area contributed by atoms with Crippen molar-refractivity contribution in [2.24, 2.45) is 0 Å². The first-order chi connectivity index (χ1) is 16.6.